The molecule has 0 saturated heterocycles. The van der Waals surface area contributed by atoms with Crippen LogP contribution < -0.4 is 0 Å². The summed E-state index contributed by atoms with van der Waals surface area (Å²) >= 11 is 9.29. The highest BCUT2D eigenvalue weighted by atomic mass is 79.9. The zero-order chi connectivity index (χ0) is 13.2. The lowest BCUT2D eigenvalue weighted by atomic mass is 10.3. The summed E-state index contributed by atoms with van der Waals surface area (Å²) in [4.78, 5) is 9.10. The van der Waals surface area contributed by atoms with Crippen molar-refractivity contribution in [2.24, 2.45) is 0 Å². The van der Waals surface area contributed by atoms with E-state index in [1.807, 2.05) is 36.4 Å². The highest BCUT2D eigenvalue weighted by Gasteiger charge is 2.13. The monoisotopic (exact) mass is 335 g/mol. The molecule has 0 bridgehead atoms. The summed E-state index contributed by atoms with van der Waals surface area (Å²) in [5, 5.41) is 0. The van der Waals surface area contributed by atoms with Gasteiger partial charge >= 0.3 is 0 Å². The van der Waals surface area contributed by atoms with Crippen LogP contribution in [0.1, 0.15) is 5.82 Å². The van der Waals surface area contributed by atoms with Crippen LogP contribution in [0.25, 0.3) is 16.9 Å². The van der Waals surface area contributed by atoms with Gasteiger partial charge in [-0.05, 0) is 34.1 Å². The molecule has 0 aliphatic rings. The van der Waals surface area contributed by atoms with Crippen LogP contribution >= 0.6 is 27.5 Å². The molecule has 96 valence electrons. The first-order valence-electron chi connectivity index (χ1n) is 5.94. The smallest absolute Gasteiger partial charge is 0.164 e. The summed E-state index contributed by atoms with van der Waals surface area (Å²) < 4.78 is 2.99. The standard InChI is InChI=1S/C14H11BrClN3/c15-10-8-12-14(17-9-10)19(13(18-12)6-7-16)11-4-2-1-3-5-11/h1-5,8-9H,6-7H2. The van der Waals surface area contributed by atoms with Crippen molar-refractivity contribution in [3.05, 3.63) is 52.9 Å². The Bertz CT molecular complexity index is 709. The number of nitrogens with zero attached hydrogens (tertiary/aromatic N) is 3. The Labute approximate surface area is 124 Å². The molecule has 2 heterocycles. The van der Waals surface area contributed by atoms with Gasteiger partial charge in [-0.3, -0.25) is 4.57 Å². The van der Waals surface area contributed by atoms with E-state index in [2.05, 4.69) is 30.5 Å². The third-order valence-electron chi connectivity index (χ3n) is 2.87. The van der Waals surface area contributed by atoms with Crippen molar-refractivity contribution < 1.29 is 0 Å². The second-order valence-electron chi connectivity index (χ2n) is 4.13. The van der Waals surface area contributed by atoms with Crippen molar-refractivity contribution in [1.82, 2.24) is 14.5 Å². The molecule has 0 saturated carbocycles. The number of hydrogen-bond acceptors (Lipinski definition) is 2. The van der Waals surface area contributed by atoms with Gasteiger partial charge in [0.25, 0.3) is 0 Å². The molecule has 3 aromatic rings. The van der Waals surface area contributed by atoms with Crippen molar-refractivity contribution in [1.29, 1.82) is 0 Å². The largest absolute Gasteiger partial charge is 0.281 e. The Morgan fingerprint density at radius 1 is 1.21 bits per heavy atom. The molecule has 0 atom stereocenters. The molecule has 3 rings (SSSR count). The zero-order valence-corrected chi connectivity index (χ0v) is 12.4. The molecule has 0 unspecified atom stereocenters. The van der Waals surface area contributed by atoms with Crippen LogP contribution in [0.2, 0.25) is 0 Å². The molecule has 0 aliphatic heterocycles. The minimum Gasteiger partial charge on any atom is -0.281 e. The predicted molar refractivity (Wildman–Crippen MR) is 81.0 cm³/mol. The minimum absolute atomic E-state index is 0.539. The van der Waals surface area contributed by atoms with Gasteiger partial charge in [-0.25, -0.2) is 9.97 Å². The topological polar surface area (TPSA) is 30.7 Å². The van der Waals surface area contributed by atoms with Crippen LogP contribution in [0.4, 0.5) is 0 Å². The molecule has 0 spiro atoms. The second-order valence-corrected chi connectivity index (χ2v) is 5.43. The van der Waals surface area contributed by atoms with Crippen molar-refractivity contribution in [3.8, 4) is 5.69 Å². The fourth-order valence-corrected chi connectivity index (χ4v) is 2.58. The Morgan fingerprint density at radius 2 is 2.00 bits per heavy atom. The third kappa shape index (κ3) is 2.38. The first kappa shape index (κ1) is 12.6. The number of imidazole rings is 1. The Hall–Kier alpha value is -1.39. The maximum Gasteiger partial charge on any atom is 0.164 e. The number of alkyl halides is 1. The van der Waals surface area contributed by atoms with Crippen LogP contribution in [0.15, 0.2) is 47.1 Å². The number of para-hydroxylation sites is 1. The maximum atomic E-state index is 5.87. The van der Waals surface area contributed by atoms with E-state index in [0.717, 1.165) is 27.1 Å². The number of halogens is 2. The van der Waals surface area contributed by atoms with E-state index in [-0.39, 0.29) is 0 Å². The maximum absolute atomic E-state index is 5.87. The van der Waals surface area contributed by atoms with Gasteiger partial charge in [-0.2, -0.15) is 0 Å². The SMILES string of the molecule is ClCCc1nc2cc(Br)cnc2n1-c1ccccc1. The number of fused-ring (bicyclic) bond motifs is 1. The summed E-state index contributed by atoms with van der Waals surface area (Å²) in [6, 6.07) is 12.1. The van der Waals surface area contributed by atoms with E-state index in [1.54, 1.807) is 6.20 Å². The van der Waals surface area contributed by atoms with Gasteiger partial charge in [0.2, 0.25) is 0 Å². The number of pyridine rings is 1. The van der Waals surface area contributed by atoms with E-state index in [0.29, 0.717) is 12.3 Å². The van der Waals surface area contributed by atoms with Gasteiger partial charge in [-0.1, -0.05) is 18.2 Å². The van der Waals surface area contributed by atoms with Crippen LogP contribution in [0.3, 0.4) is 0 Å². The minimum atomic E-state index is 0.539. The average molecular weight is 337 g/mol. The molecule has 3 nitrogen and oxygen atoms in total. The molecule has 19 heavy (non-hydrogen) atoms. The highest BCUT2D eigenvalue weighted by molar-refractivity contribution is 9.10. The van der Waals surface area contributed by atoms with Gasteiger partial charge in [0.1, 0.15) is 11.3 Å². The third-order valence-corrected chi connectivity index (χ3v) is 3.49. The highest BCUT2D eigenvalue weighted by Crippen LogP contribution is 2.22. The molecule has 0 N–H and O–H groups in total. The number of benzene rings is 1. The van der Waals surface area contributed by atoms with E-state index in [1.165, 1.54) is 0 Å². The molecule has 0 fully saturated rings. The van der Waals surface area contributed by atoms with Gasteiger partial charge < -0.3 is 0 Å². The number of hydrogen-bond donors (Lipinski definition) is 0. The Balaban J connectivity index is 2.28. The number of aryl methyl sites for hydroxylation is 1. The zero-order valence-electron chi connectivity index (χ0n) is 10.1. The first-order chi connectivity index (χ1) is 9.29. The number of rotatable bonds is 3. The molecule has 0 amide bonds. The van der Waals surface area contributed by atoms with Crippen molar-refractivity contribution >= 4 is 38.7 Å². The van der Waals surface area contributed by atoms with Crippen LogP contribution in [-0.4, -0.2) is 20.4 Å². The van der Waals surface area contributed by atoms with E-state index < -0.39 is 0 Å². The second kappa shape index (κ2) is 5.31. The van der Waals surface area contributed by atoms with E-state index >= 15 is 0 Å². The van der Waals surface area contributed by atoms with E-state index in [9.17, 15) is 0 Å². The van der Waals surface area contributed by atoms with Gasteiger partial charge in [0, 0.05) is 28.7 Å². The van der Waals surface area contributed by atoms with Crippen LogP contribution in [-0.2, 0) is 6.42 Å². The Kier molecular flexibility index (Phi) is 3.53. The Morgan fingerprint density at radius 3 is 2.74 bits per heavy atom. The average Bonchev–Trinajstić information content (AvgIpc) is 2.77. The normalized spacial score (nSPS) is 11.1. The molecular formula is C14H11BrClN3. The number of aromatic nitrogens is 3. The lowest BCUT2D eigenvalue weighted by molar-refractivity contribution is 0.905. The summed E-state index contributed by atoms with van der Waals surface area (Å²) in [7, 11) is 0. The lowest BCUT2D eigenvalue weighted by Crippen LogP contribution is -2.02. The lowest BCUT2D eigenvalue weighted by Gasteiger charge is -2.07. The van der Waals surface area contributed by atoms with Crippen molar-refractivity contribution in [3.63, 3.8) is 0 Å². The van der Waals surface area contributed by atoms with Gasteiger partial charge in [-0.15, -0.1) is 11.6 Å². The van der Waals surface area contributed by atoms with Crippen molar-refractivity contribution in [2.45, 2.75) is 6.42 Å². The fourth-order valence-electron chi connectivity index (χ4n) is 2.09. The first-order valence-corrected chi connectivity index (χ1v) is 7.26. The molecule has 2 aromatic heterocycles. The van der Waals surface area contributed by atoms with E-state index in [4.69, 9.17) is 11.6 Å². The predicted octanol–water partition coefficient (Wildman–Crippen LogP) is 3.96. The molecule has 1 aromatic carbocycles. The quantitative estimate of drug-likeness (QED) is 0.678. The van der Waals surface area contributed by atoms with Gasteiger partial charge in [0.05, 0.1) is 0 Å². The summed E-state index contributed by atoms with van der Waals surface area (Å²) in [6.07, 6.45) is 2.50. The van der Waals surface area contributed by atoms with Crippen LogP contribution in [0.5, 0.6) is 0 Å². The molecule has 0 radical (unpaired) electrons. The fraction of sp³-hybridized carbons (Fsp3) is 0.143. The van der Waals surface area contributed by atoms with Gasteiger partial charge in [0.15, 0.2) is 5.65 Å². The summed E-state index contributed by atoms with van der Waals surface area (Å²) in [5.41, 5.74) is 2.79. The molecular weight excluding hydrogens is 326 g/mol. The van der Waals surface area contributed by atoms with Crippen LogP contribution in [0, 0.1) is 0 Å². The summed E-state index contributed by atoms with van der Waals surface area (Å²) in [5.74, 6) is 1.47. The summed E-state index contributed by atoms with van der Waals surface area (Å²) in [6.45, 7) is 0. The molecule has 5 heteroatoms. The molecule has 0 aliphatic carbocycles. The van der Waals surface area contributed by atoms with Crippen molar-refractivity contribution in [2.75, 3.05) is 5.88 Å².